The van der Waals surface area contributed by atoms with Gasteiger partial charge in [-0.1, -0.05) is 11.6 Å². The third-order valence-corrected chi connectivity index (χ3v) is 3.72. The van der Waals surface area contributed by atoms with E-state index in [-0.39, 0.29) is 29.7 Å². The largest absolute Gasteiger partial charge is 0.507 e. The maximum atomic E-state index is 12.5. The zero-order valence-corrected chi connectivity index (χ0v) is 11.6. The second-order valence-corrected chi connectivity index (χ2v) is 5.34. The lowest BCUT2D eigenvalue weighted by Crippen LogP contribution is -2.44. The second-order valence-electron chi connectivity index (χ2n) is 4.91. The standard InChI is InChI=1S/C14H16ClNO4/c15-9-4-5-12(17)11(7-9)14(20)16-6-2-1-3-10(16)8-13(18)19/h4-5,7,10,17H,1-3,6,8H2,(H,18,19). The fourth-order valence-corrected chi connectivity index (χ4v) is 2.69. The number of carbonyl (C=O) groups excluding carboxylic acids is 1. The highest BCUT2D eigenvalue weighted by Gasteiger charge is 2.30. The topological polar surface area (TPSA) is 77.8 Å². The summed E-state index contributed by atoms with van der Waals surface area (Å²) in [6, 6.07) is 3.95. The van der Waals surface area contributed by atoms with Crippen LogP contribution in [0, 0.1) is 0 Å². The summed E-state index contributed by atoms with van der Waals surface area (Å²) in [5.74, 6) is -1.43. The molecule has 1 amide bonds. The van der Waals surface area contributed by atoms with Crippen LogP contribution >= 0.6 is 11.6 Å². The molecule has 0 aliphatic carbocycles. The third kappa shape index (κ3) is 3.22. The monoisotopic (exact) mass is 297 g/mol. The smallest absolute Gasteiger partial charge is 0.305 e. The van der Waals surface area contributed by atoms with Crippen molar-refractivity contribution < 1.29 is 19.8 Å². The Morgan fingerprint density at radius 3 is 2.80 bits per heavy atom. The quantitative estimate of drug-likeness (QED) is 0.898. The Labute approximate surface area is 121 Å². The Morgan fingerprint density at radius 2 is 2.10 bits per heavy atom. The summed E-state index contributed by atoms with van der Waals surface area (Å²) in [7, 11) is 0. The molecule has 0 saturated carbocycles. The summed E-state index contributed by atoms with van der Waals surface area (Å²) >= 11 is 5.84. The molecule has 1 aliphatic heterocycles. The van der Waals surface area contributed by atoms with E-state index < -0.39 is 5.97 Å². The fraction of sp³-hybridized carbons (Fsp3) is 0.429. The van der Waals surface area contributed by atoms with Crippen LogP contribution in [0.4, 0.5) is 0 Å². The number of piperidine rings is 1. The zero-order valence-electron chi connectivity index (χ0n) is 10.9. The third-order valence-electron chi connectivity index (χ3n) is 3.49. The van der Waals surface area contributed by atoms with Crippen LogP contribution in [0.1, 0.15) is 36.0 Å². The lowest BCUT2D eigenvalue weighted by Gasteiger charge is -2.35. The molecule has 1 unspecified atom stereocenters. The van der Waals surface area contributed by atoms with Gasteiger partial charge in [0.25, 0.3) is 5.91 Å². The van der Waals surface area contributed by atoms with E-state index in [0.717, 1.165) is 12.8 Å². The molecule has 0 bridgehead atoms. The molecular formula is C14H16ClNO4. The van der Waals surface area contributed by atoms with E-state index in [2.05, 4.69) is 0 Å². The van der Waals surface area contributed by atoms with E-state index in [4.69, 9.17) is 16.7 Å². The van der Waals surface area contributed by atoms with Crippen LogP contribution in [-0.4, -0.2) is 39.6 Å². The summed E-state index contributed by atoms with van der Waals surface area (Å²) < 4.78 is 0. The van der Waals surface area contributed by atoms with Crippen molar-refractivity contribution in [3.63, 3.8) is 0 Å². The minimum atomic E-state index is -0.926. The van der Waals surface area contributed by atoms with Crippen molar-refractivity contribution in [2.24, 2.45) is 0 Å². The Morgan fingerprint density at radius 1 is 1.35 bits per heavy atom. The summed E-state index contributed by atoms with van der Waals surface area (Å²) in [5.41, 5.74) is 0.120. The van der Waals surface area contributed by atoms with Gasteiger partial charge in [-0.05, 0) is 37.5 Å². The number of rotatable bonds is 3. The summed E-state index contributed by atoms with van der Waals surface area (Å²) in [6.07, 6.45) is 2.33. The molecule has 20 heavy (non-hydrogen) atoms. The number of nitrogens with zero attached hydrogens (tertiary/aromatic N) is 1. The molecule has 1 aromatic carbocycles. The fourth-order valence-electron chi connectivity index (χ4n) is 2.52. The van der Waals surface area contributed by atoms with Crippen molar-refractivity contribution in [3.8, 4) is 5.75 Å². The molecule has 1 fully saturated rings. The normalized spacial score (nSPS) is 18.9. The molecule has 6 heteroatoms. The van der Waals surface area contributed by atoms with Crippen molar-refractivity contribution in [1.82, 2.24) is 4.90 Å². The second kappa shape index (κ2) is 6.13. The summed E-state index contributed by atoms with van der Waals surface area (Å²) in [6.45, 7) is 0.503. The zero-order chi connectivity index (χ0) is 14.7. The average molecular weight is 298 g/mol. The maximum Gasteiger partial charge on any atom is 0.305 e. The van der Waals surface area contributed by atoms with Crippen LogP contribution in [0.2, 0.25) is 5.02 Å². The van der Waals surface area contributed by atoms with E-state index in [0.29, 0.717) is 18.0 Å². The van der Waals surface area contributed by atoms with Crippen molar-refractivity contribution in [2.45, 2.75) is 31.7 Å². The number of phenolic OH excluding ortho intramolecular Hbond substituents is 1. The summed E-state index contributed by atoms with van der Waals surface area (Å²) in [4.78, 5) is 24.9. The SMILES string of the molecule is O=C(O)CC1CCCCN1C(=O)c1cc(Cl)ccc1O. The van der Waals surface area contributed by atoms with Crippen molar-refractivity contribution in [3.05, 3.63) is 28.8 Å². The molecule has 0 aromatic heterocycles. The number of likely N-dealkylation sites (tertiary alicyclic amines) is 1. The average Bonchev–Trinajstić information content (AvgIpc) is 2.41. The highest BCUT2D eigenvalue weighted by atomic mass is 35.5. The lowest BCUT2D eigenvalue weighted by molar-refractivity contribution is -0.138. The number of amides is 1. The molecule has 0 radical (unpaired) electrons. The number of carboxylic acids is 1. The van der Waals surface area contributed by atoms with Crippen LogP contribution in [-0.2, 0) is 4.79 Å². The molecular weight excluding hydrogens is 282 g/mol. The first-order valence-electron chi connectivity index (χ1n) is 6.50. The molecule has 1 saturated heterocycles. The van der Waals surface area contributed by atoms with Crippen molar-refractivity contribution in [1.29, 1.82) is 0 Å². The number of hydrogen-bond acceptors (Lipinski definition) is 3. The van der Waals surface area contributed by atoms with E-state index in [9.17, 15) is 14.7 Å². The van der Waals surface area contributed by atoms with E-state index in [1.54, 1.807) is 0 Å². The number of aliphatic carboxylic acids is 1. The lowest BCUT2D eigenvalue weighted by atomic mass is 9.98. The highest BCUT2D eigenvalue weighted by Crippen LogP contribution is 2.27. The number of aromatic hydroxyl groups is 1. The number of benzene rings is 1. The predicted octanol–water partition coefficient (Wildman–Crippen LogP) is 2.52. The van der Waals surface area contributed by atoms with Gasteiger partial charge >= 0.3 is 5.97 Å². The van der Waals surface area contributed by atoms with Crippen LogP contribution < -0.4 is 0 Å². The first-order chi connectivity index (χ1) is 9.49. The Bertz CT molecular complexity index is 532. The van der Waals surface area contributed by atoms with E-state index >= 15 is 0 Å². The number of phenols is 1. The van der Waals surface area contributed by atoms with Gasteiger partial charge in [-0.3, -0.25) is 9.59 Å². The van der Waals surface area contributed by atoms with Gasteiger partial charge in [-0.25, -0.2) is 0 Å². The molecule has 1 aromatic rings. The Balaban J connectivity index is 2.25. The first-order valence-corrected chi connectivity index (χ1v) is 6.88. The highest BCUT2D eigenvalue weighted by molar-refractivity contribution is 6.31. The van der Waals surface area contributed by atoms with Gasteiger partial charge in [0.1, 0.15) is 5.75 Å². The predicted molar refractivity (Wildman–Crippen MR) is 74.0 cm³/mol. The van der Waals surface area contributed by atoms with Crippen LogP contribution in [0.15, 0.2) is 18.2 Å². The van der Waals surface area contributed by atoms with Gasteiger partial charge in [0.05, 0.1) is 12.0 Å². The van der Waals surface area contributed by atoms with Crippen LogP contribution in [0.3, 0.4) is 0 Å². The molecule has 2 N–H and O–H groups in total. The molecule has 5 nitrogen and oxygen atoms in total. The maximum absolute atomic E-state index is 12.5. The summed E-state index contributed by atoms with van der Waals surface area (Å²) in [5, 5.41) is 19.1. The number of hydrogen-bond donors (Lipinski definition) is 2. The van der Waals surface area contributed by atoms with Crippen molar-refractivity contribution in [2.75, 3.05) is 6.54 Å². The number of carbonyl (C=O) groups is 2. The molecule has 1 heterocycles. The molecule has 0 spiro atoms. The van der Waals surface area contributed by atoms with Gasteiger partial charge in [0.15, 0.2) is 0 Å². The van der Waals surface area contributed by atoms with Gasteiger partial charge in [-0.2, -0.15) is 0 Å². The number of halogens is 1. The molecule has 1 atom stereocenters. The Kier molecular flexibility index (Phi) is 4.49. The van der Waals surface area contributed by atoms with E-state index in [1.165, 1.54) is 23.1 Å². The minimum absolute atomic E-state index is 0.0763. The minimum Gasteiger partial charge on any atom is -0.507 e. The van der Waals surface area contributed by atoms with Gasteiger partial charge < -0.3 is 15.1 Å². The Hall–Kier alpha value is -1.75. The first kappa shape index (κ1) is 14.7. The van der Waals surface area contributed by atoms with Gasteiger partial charge in [-0.15, -0.1) is 0 Å². The van der Waals surface area contributed by atoms with Crippen LogP contribution in [0.25, 0.3) is 0 Å². The van der Waals surface area contributed by atoms with Gasteiger partial charge in [0, 0.05) is 17.6 Å². The molecule has 1 aliphatic rings. The molecule has 2 rings (SSSR count). The van der Waals surface area contributed by atoms with Crippen LogP contribution in [0.5, 0.6) is 5.75 Å². The molecule has 108 valence electrons. The number of carboxylic acid groups (broad SMARTS) is 1. The van der Waals surface area contributed by atoms with Gasteiger partial charge in [0.2, 0.25) is 0 Å². The van der Waals surface area contributed by atoms with E-state index in [1.807, 2.05) is 0 Å². The van der Waals surface area contributed by atoms with Crippen molar-refractivity contribution >= 4 is 23.5 Å².